The molecule has 0 N–H and O–H groups in total. The van der Waals surface area contributed by atoms with E-state index in [2.05, 4.69) is 84.7 Å². The van der Waals surface area contributed by atoms with Crippen LogP contribution >= 0.6 is 0 Å². The van der Waals surface area contributed by atoms with Gasteiger partial charge in [-0.3, -0.25) is 4.98 Å². The molecular formula is C20H19N. The largest absolute Gasteiger partial charge is 0.265 e. The Kier molecular flexibility index (Phi) is 3.83. The Labute approximate surface area is 126 Å². The van der Waals surface area contributed by atoms with Crippen molar-refractivity contribution in [1.29, 1.82) is 0 Å². The van der Waals surface area contributed by atoms with Gasteiger partial charge in [-0.25, -0.2) is 0 Å². The Morgan fingerprint density at radius 3 is 1.52 bits per heavy atom. The Morgan fingerprint density at radius 2 is 1.10 bits per heavy atom. The summed E-state index contributed by atoms with van der Waals surface area (Å²) in [5.74, 6) is 0. The van der Waals surface area contributed by atoms with Crippen LogP contribution in [0.2, 0.25) is 0 Å². The van der Waals surface area contributed by atoms with Gasteiger partial charge in [0.1, 0.15) is 0 Å². The minimum absolute atomic E-state index is 0.120. The van der Waals surface area contributed by atoms with Crippen LogP contribution < -0.4 is 0 Å². The Hall–Kier alpha value is -2.41. The lowest BCUT2D eigenvalue weighted by molar-refractivity contribution is 0.593. The van der Waals surface area contributed by atoms with E-state index in [-0.39, 0.29) is 5.41 Å². The molecule has 104 valence electrons. The summed E-state index contributed by atoms with van der Waals surface area (Å²) >= 11 is 0. The molecule has 0 atom stereocenters. The first-order valence-corrected chi connectivity index (χ1v) is 7.39. The number of benzene rings is 2. The molecule has 1 aromatic heterocycles. The molecule has 3 aromatic rings. The van der Waals surface area contributed by atoms with E-state index in [4.69, 9.17) is 0 Å². The molecule has 0 amide bonds. The van der Waals surface area contributed by atoms with Crippen molar-refractivity contribution in [2.45, 2.75) is 18.8 Å². The van der Waals surface area contributed by atoms with E-state index < -0.39 is 0 Å². The molecule has 0 unspecified atom stereocenters. The third-order valence-electron chi connectivity index (χ3n) is 4.24. The number of nitrogens with zero attached hydrogens (tertiary/aromatic N) is 1. The van der Waals surface area contributed by atoms with Crippen LogP contribution in [0.25, 0.3) is 0 Å². The highest BCUT2D eigenvalue weighted by molar-refractivity contribution is 5.49. The second-order valence-corrected chi connectivity index (χ2v) is 5.23. The molecule has 2 aromatic carbocycles. The van der Waals surface area contributed by atoms with Crippen LogP contribution in [0.4, 0.5) is 0 Å². The summed E-state index contributed by atoms with van der Waals surface area (Å²) in [5, 5.41) is 0. The number of hydrogen-bond donors (Lipinski definition) is 0. The van der Waals surface area contributed by atoms with E-state index in [9.17, 15) is 0 Å². The Morgan fingerprint density at radius 1 is 0.667 bits per heavy atom. The summed E-state index contributed by atoms with van der Waals surface area (Å²) in [6.45, 7) is 2.25. The Balaban J connectivity index is 2.29. The summed E-state index contributed by atoms with van der Waals surface area (Å²) in [5.41, 5.74) is 3.82. The number of pyridine rings is 1. The maximum absolute atomic E-state index is 4.18. The van der Waals surface area contributed by atoms with Gasteiger partial charge in [-0.15, -0.1) is 0 Å². The zero-order valence-electron chi connectivity index (χ0n) is 12.2. The van der Waals surface area contributed by atoms with Crippen molar-refractivity contribution in [1.82, 2.24) is 4.98 Å². The van der Waals surface area contributed by atoms with Crippen molar-refractivity contribution in [3.05, 3.63) is 102 Å². The molecule has 0 aliphatic heterocycles. The van der Waals surface area contributed by atoms with Crippen molar-refractivity contribution in [3.63, 3.8) is 0 Å². The van der Waals surface area contributed by atoms with E-state index in [1.807, 2.05) is 12.4 Å². The van der Waals surface area contributed by atoms with Crippen LogP contribution in [0.1, 0.15) is 30.0 Å². The minimum atomic E-state index is -0.120. The van der Waals surface area contributed by atoms with Crippen LogP contribution in [0.15, 0.2) is 85.2 Å². The van der Waals surface area contributed by atoms with Crippen LogP contribution in [0.3, 0.4) is 0 Å². The summed E-state index contributed by atoms with van der Waals surface area (Å²) in [7, 11) is 0. The van der Waals surface area contributed by atoms with E-state index in [0.717, 1.165) is 6.42 Å². The summed E-state index contributed by atoms with van der Waals surface area (Å²) < 4.78 is 0. The van der Waals surface area contributed by atoms with E-state index >= 15 is 0 Å². The number of hydrogen-bond acceptors (Lipinski definition) is 1. The third kappa shape index (κ3) is 2.36. The fraction of sp³-hybridized carbons (Fsp3) is 0.150. The van der Waals surface area contributed by atoms with Crippen molar-refractivity contribution in [2.75, 3.05) is 0 Å². The molecule has 0 aliphatic carbocycles. The molecule has 0 bridgehead atoms. The standard InChI is InChI=1S/C20H19N/c1-2-20(17-9-5-3-6-10-17,18-11-7-4-8-12-18)19-13-15-21-16-14-19/h3-16H,2H2,1H3. The van der Waals surface area contributed by atoms with Gasteiger partial charge in [0.2, 0.25) is 0 Å². The number of rotatable bonds is 4. The second kappa shape index (κ2) is 5.92. The average Bonchev–Trinajstić information content (AvgIpc) is 2.59. The lowest BCUT2D eigenvalue weighted by atomic mass is 9.68. The van der Waals surface area contributed by atoms with Gasteiger partial charge in [0.25, 0.3) is 0 Å². The molecule has 21 heavy (non-hydrogen) atoms. The zero-order chi connectivity index (χ0) is 14.5. The van der Waals surface area contributed by atoms with E-state index in [0.29, 0.717) is 0 Å². The van der Waals surface area contributed by atoms with Crippen LogP contribution in [-0.2, 0) is 5.41 Å². The summed E-state index contributed by atoms with van der Waals surface area (Å²) in [4.78, 5) is 4.18. The van der Waals surface area contributed by atoms with Crippen LogP contribution in [-0.4, -0.2) is 4.98 Å². The zero-order valence-corrected chi connectivity index (χ0v) is 12.2. The predicted molar refractivity (Wildman–Crippen MR) is 87.3 cm³/mol. The minimum Gasteiger partial charge on any atom is -0.265 e. The number of aromatic nitrogens is 1. The van der Waals surface area contributed by atoms with Gasteiger partial charge in [0, 0.05) is 17.8 Å². The lowest BCUT2D eigenvalue weighted by Crippen LogP contribution is -2.28. The fourth-order valence-corrected chi connectivity index (χ4v) is 3.19. The third-order valence-corrected chi connectivity index (χ3v) is 4.24. The van der Waals surface area contributed by atoms with Gasteiger partial charge in [-0.05, 0) is 35.2 Å². The molecule has 0 fully saturated rings. The first-order chi connectivity index (χ1) is 10.4. The molecular weight excluding hydrogens is 254 g/mol. The molecule has 0 saturated carbocycles. The Bertz CT molecular complexity index is 578. The molecule has 1 heteroatoms. The molecule has 1 nitrogen and oxygen atoms in total. The highest BCUT2D eigenvalue weighted by Gasteiger charge is 2.34. The fourth-order valence-electron chi connectivity index (χ4n) is 3.19. The first-order valence-electron chi connectivity index (χ1n) is 7.39. The smallest absolute Gasteiger partial charge is 0.0449 e. The SMILES string of the molecule is CCC(c1ccccc1)(c1ccccc1)c1ccncc1. The summed E-state index contributed by atoms with van der Waals surface area (Å²) in [6.07, 6.45) is 4.77. The van der Waals surface area contributed by atoms with Crippen molar-refractivity contribution in [3.8, 4) is 0 Å². The molecule has 0 aliphatic rings. The van der Waals surface area contributed by atoms with Crippen molar-refractivity contribution in [2.24, 2.45) is 0 Å². The monoisotopic (exact) mass is 273 g/mol. The van der Waals surface area contributed by atoms with Crippen LogP contribution in [0, 0.1) is 0 Å². The van der Waals surface area contributed by atoms with Gasteiger partial charge in [-0.2, -0.15) is 0 Å². The van der Waals surface area contributed by atoms with E-state index in [1.165, 1.54) is 16.7 Å². The quantitative estimate of drug-likeness (QED) is 0.663. The van der Waals surface area contributed by atoms with Crippen LogP contribution in [0.5, 0.6) is 0 Å². The molecule has 0 spiro atoms. The normalized spacial score (nSPS) is 11.3. The first kappa shape index (κ1) is 13.6. The predicted octanol–water partition coefficient (Wildman–Crippen LogP) is 4.83. The van der Waals surface area contributed by atoms with Gasteiger partial charge in [0.05, 0.1) is 0 Å². The topological polar surface area (TPSA) is 12.9 Å². The summed E-state index contributed by atoms with van der Waals surface area (Å²) in [6, 6.07) is 25.7. The van der Waals surface area contributed by atoms with Crippen molar-refractivity contribution >= 4 is 0 Å². The molecule has 0 saturated heterocycles. The van der Waals surface area contributed by atoms with Gasteiger partial charge < -0.3 is 0 Å². The molecule has 0 radical (unpaired) electrons. The molecule has 1 heterocycles. The average molecular weight is 273 g/mol. The maximum atomic E-state index is 4.18. The highest BCUT2D eigenvalue weighted by atomic mass is 14.6. The molecule has 3 rings (SSSR count). The van der Waals surface area contributed by atoms with Gasteiger partial charge >= 0.3 is 0 Å². The van der Waals surface area contributed by atoms with E-state index in [1.54, 1.807) is 0 Å². The van der Waals surface area contributed by atoms with Gasteiger partial charge in [-0.1, -0.05) is 67.6 Å². The maximum Gasteiger partial charge on any atom is 0.0449 e. The van der Waals surface area contributed by atoms with Crippen molar-refractivity contribution < 1.29 is 0 Å². The lowest BCUT2D eigenvalue weighted by Gasteiger charge is -2.35. The second-order valence-electron chi connectivity index (χ2n) is 5.23. The highest BCUT2D eigenvalue weighted by Crippen LogP contribution is 2.41. The van der Waals surface area contributed by atoms with Gasteiger partial charge in [0.15, 0.2) is 0 Å².